The lowest BCUT2D eigenvalue weighted by molar-refractivity contribution is -0.114. The quantitative estimate of drug-likeness (QED) is 0.460. The van der Waals surface area contributed by atoms with Crippen molar-refractivity contribution in [3.63, 3.8) is 0 Å². The van der Waals surface area contributed by atoms with Crippen molar-refractivity contribution in [3.8, 4) is 0 Å². The number of carbonyl (C=O) groups is 1. The Kier molecular flexibility index (Phi) is 6.39. The first kappa shape index (κ1) is 21.4. The minimum atomic E-state index is -0.444. The van der Waals surface area contributed by atoms with Gasteiger partial charge in [0.1, 0.15) is 29.3 Å². The van der Waals surface area contributed by atoms with Crippen molar-refractivity contribution in [2.45, 2.75) is 38.1 Å². The van der Waals surface area contributed by atoms with E-state index in [-0.39, 0.29) is 12.3 Å². The van der Waals surface area contributed by atoms with E-state index in [1.165, 1.54) is 25.4 Å². The highest BCUT2D eigenvalue weighted by atomic mass is 19.1. The molecule has 0 bridgehead atoms. The number of H-pyrrole nitrogens is 1. The van der Waals surface area contributed by atoms with Gasteiger partial charge in [-0.1, -0.05) is 18.0 Å². The number of hydrogen-bond acceptors (Lipinski definition) is 7. The molecule has 3 N–H and O–H groups in total. The second-order valence-electron chi connectivity index (χ2n) is 7.57. The molecule has 2 heterocycles. The summed E-state index contributed by atoms with van der Waals surface area (Å²) in [6, 6.07) is 6.01. The summed E-state index contributed by atoms with van der Waals surface area (Å²) in [6.45, 7) is 3.67. The lowest BCUT2D eigenvalue weighted by Gasteiger charge is -2.10. The van der Waals surface area contributed by atoms with Crippen LogP contribution in [0.1, 0.15) is 48.7 Å². The number of halogens is 1. The normalized spacial score (nSPS) is 14.5. The van der Waals surface area contributed by atoms with Crippen LogP contribution in [0.5, 0.6) is 0 Å². The summed E-state index contributed by atoms with van der Waals surface area (Å²) in [6.07, 6.45) is 5.84. The molecule has 1 amide bonds. The van der Waals surface area contributed by atoms with Crippen molar-refractivity contribution in [2.75, 3.05) is 12.4 Å². The van der Waals surface area contributed by atoms with Crippen molar-refractivity contribution >= 4 is 35.7 Å². The monoisotopic (exact) mass is 437 g/mol. The number of hydrogen-bond donors (Lipinski definition) is 3. The van der Waals surface area contributed by atoms with Gasteiger partial charge in [-0.2, -0.15) is 0 Å². The Morgan fingerprint density at radius 1 is 1.34 bits per heavy atom. The summed E-state index contributed by atoms with van der Waals surface area (Å²) < 4.78 is 18.8. The Labute approximate surface area is 184 Å². The number of rotatable bonds is 8. The zero-order valence-electron chi connectivity index (χ0n) is 17.7. The first-order valence-corrected chi connectivity index (χ1v) is 10.4. The Balaban J connectivity index is 1.47. The Morgan fingerprint density at radius 3 is 2.84 bits per heavy atom. The number of carbonyl (C=O) groups excluding carboxylic acids is 1. The Morgan fingerprint density at radius 2 is 2.16 bits per heavy atom. The predicted octanol–water partition coefficient (Wildman–Crippen LogP) is 4.01. The Hall–Kier alpha value is -3.82. The van der Waals surface area contributed by atoms with Gasteiger partial charge in [0, 0.05) is 31.3 Å². The lowest BCUT2D eigenvalue weighted by atomic mass is 10.1. The first-order chi connectivity index (χ1) is 15.6. The van der Waals surface area contributed by atoms with E-state index in [9.17, 15) is 9.18 Å². The third-order valence-corrected chi connectivity index (χ3v) is 5.39. The van der Waals surface area contributed by atoms with Crippen LogP contribution in [-0.2, 0) is 11.3 Å². The molecule has 1 aliphatic rings. The molecule has 1 fully saturated rings. The fourth-order valence-electron chi connectivity index (χ4n) is 3.90. The standard InChI is InChI=1S/C22H24FN7O2/c1-24-19(18-21(25-2)29-20(28-18)14-5-3-4-6-14)22(31)26-12-13-9-15(23)11-16(10-13)27-17-7-8-32-30-17/h7-11,14H,2-6,12H2,1H3,(H,26,31)(H,27,30)(H,28,29). The zero-order chi connectivity index (χ0) is 22.5. The van der Waals surface area contributed by atoms with Gasteiger partial charge in [0.15, 0.2) is 11.6 Å². The topological polar surface area (TPSA) is 121 Å². The molecule has 9 nitrogen and oxygen atoms in total. The molecule has 0 atom stereocenters. The van der Waals surface area contributed by atoms with Crippen LogP contribution in [-0.4, -0.2) is 40.5 Å². The van der Waals surface area contributed by atoms with Gasteiger partial charge >= 0.3 is 0 Å². The number of aliphatic imine (C=N–C) groups is 2. The highest BCUT2D eigenvalue weighted by Gasteiger charge is 2.25. The number of anilines is 2. The van der Waals surface area contributed by atoms with Crippen molar-refractivity contribution in [2.24, 2.45) is 9.98 Å². The summed E-state index contributed by atoms with van der Waals surface area (Å²) in [5.74, 6) is 1.07. The second kappa shape index (κ2) is 9.54. The van der Waals surface area contributed by atoms with E-state index in [0.717, 1.165) is 31.5 Å². The molecule has 0 aliphatic heterocycles. The smallest absolute Gasteiger partial charge is 0.272 e. The van der Waals surface area contributed by atoms with Crippen LogP contribution in [0.3, 0.4) is 0 Å². The van der Waals surface area contributed by atoms with Crippen LogP contribution in [0, 0.1) is 5.82 Å². The van der Waals surface area contributed by atoms with Crippen LogP contribution < -0.4 is 10.6 Å². The van der Waals surface area contributed by atoms with Crippen molar-refractivity contribution in [1.82, 2.24) is 20.4 Å². The molecule has 3 aromatic rings. The number of imidazole rings is 1. The molecular formula is C22H24FN7O2. The van der Waals surface area contributed by atoms with Crippen LogP contribution in [0.4, 0.5) is 21.7 Å². The Bertz CT molecular complexity index is 1130. The van der Waals surface area contributed by atoms with Gasteiger partial charge in [-0.05, 0) is 43.3 Å². The second-order valence-corrected chi connectivity index (χ2v) is 7.57. The SMILES string of the molecule is C=Nc1nc(C2CCCC2)[nH]c1C(=NC)C(=O)NCc1cc(F)cc(Nc2ccon2)c1. The van der Waals surface area contributed by atoms with Gasteiger partial charge < -0.3 is 20.1 Å². The maximum atomic E-state index is 14.1. The van der Waals surface area contributed by atoms with Crippen LogP contribution in [0.25, 0.3) is 0 Å². The number of aromatic amines is 1. The van der Waals surface area contributed by atoms with Crippen molar-refractivity contribution in [3.05, 3.63) is 53.4 Å². The third-order valence-electron chi connectivity index (χ3n) is 5.39. The fraction of sp³-hybridized carbons (Fsp3) is 0.318. The maximum absolute atomic E-state index is 14.1. The molecule has 1 aromatic carbocycles. The molecule has 4 rings (SSSR count). The highest BCUT2D eigenvalue weighted by Crippen LogP contribution is 2.34. The molecule has 0 saturated heterocycles. The van der Waals surface area contributed by atoms with Gasteiger partial charge in [0.2, 0.25) is 0 Å². The fourth-order valence-corrected chi connectivity index (χ4v) is 3.90. The molecule has 0 spiro atoms. The molecule has 0 unspecified atom stereocenters. The maximum Gasteiger partial charge on any atom is 0.272 e. The summed E-state index contributed by atoms with van der Waals surface area (Å²) >= 11 is 0. The van der Waals surface area contributed by atoms with E-state index in [0.29, 0.717) is 34.5 Å². The zero-order valence-corrected chi connectivity index (χ0v) is 17.7. The van der Waals surface area contributed by atoms with Gasteiger partial charge in [-0.3, -0.25) is 9.79 Å². The minimum Gasteiger partial charge on any atom is -0.363 e. The number of aromatic nitrogens is 3. The highest BCUT2D eigenvalue weighted by molar-refractivity contribution is 6.45. The van der Waals surface area contributed by atoms with Crippen LogP contribution in [0.15, 0.2) is 45.0 Å². The summed E-state index contributed by atoms with van der Waals surface area (Å²) in [4.78, 5) is 28.7. The van der Waals surface area contributed by atoms with Crippen molar-refractivity contribution < 1.29 is 13.7 Å². The molecule has 32 heavy (non-hydrogen) atoms. The van der Waals surface area contributed by atoms with Crippen LogP contribution in [0.2, 0.25) is 0 Å². The summed E-state index contributed by atoms with van der Waals surface area (Å²) in [5.41, 5.74) is 1.66. The third kappa shape index (κ3) is 4.74. The predicted molar refractivity (Wildman–Crippen MR) is 119 cm³/mol. The molecule has 0 radical (unpaired) electrons. The van der Waals surface area contributed by atoms with Crippen molar-refractivity contribution in [1.29, 1.82) is 0 Å². The molecule has 166 valence electrons. The van der Waals surface area contributed by atoms with Gasteiger partial charge in [-0.15, -0.1) is 0 Å². The lowest BCUT2D eigenvalue weighted by Crippen LogP contribution is -2.31. The first-order valence-electron chi connectivity index (χ1n) is 10.4. The number of nitrogens with one attached hydrogen (secondary N) is 3. The number of benzene rings is 1. The van der Waals surface area contributed by atoms with Gasteiger partial charge in [0.05, 0.1) is 0 Å². The minimum absolute atomic E-state index is 0.101. The molecule has 1 aliphatic carbocycles. The molecular weight excluding hydrogens is 413 g/mol. The van der Waals surface area contributed by atoms with E-state index in [4.69, 9.17) is 4.52 Å². The summed E-state index contributed by atoms with van der Waals surface area (Å²) in [5, 5.41) is 9.47. The van der Waals surface area contributed by atoms with E-state index < -0.39 is 11.7 Å². The van der Waals surface area contributed by atoms with Gasteiger partial charge in [-0.25, -0.2) is 14.4 Å². The van der Waals surface area contributed by atoms with E-state index in [1.54, 1.807) is 12.1 Å². The summed E-state index contributed by atoms with van der Waals surface area (Å²) in [7, 11) is 1.53. The average molecular weight is 437 g/mol. The van der Waals surface area contributed by atoms with E-state index in [2.05, 4.69) is 42.5 Å². The van der Waals surface area contributed by atoms with E-state index in [1.807, 2.05) is 0 Å². The number of nitrogens with zero attached hydrogens (tertiary/aromatic N) is 4. The number of amides is 1. The molecule has 2 aromatic heterocycles. The molecule has 10 heteroatoms. The molecule has 1 saturated carbocycles. The van der Waals surface area contributed by atoms with Gasteiger partial charge in [0.25, 0.3) is 5.91 Å². The average Bonchev–Trinajstić information content (AvgIpc) is 3.54. The van der Waals surface area contributed by atoms with Crippen LogP contribution >= 0.6 is 0 Å². The van der Waals surface area contributed by atoms with E-state index >= 15 is 0 Å². The largest absolute Gasteiger partial charge is 0.363 e.